The lowest BCUT2D eigenvalue weighted by Gasteiger charge is -2.56. The van der Waals surface area contributed by atoms with Crippen molar-refractivity contribution in [2.45, 2.75) is 70.7 Å². The number of allylic oxidation sites excluding steroid dienone is 4. The Balaban J connectivity index is 1.61. The van der Waals surface area contributed by atoms with Crippen molar-refractivity contribution in [3.05, 3.63) is 23.5 Å². The van der Waals surface area contributed by atoms with Crippen molar-refractivity contribution in [2.75, 3.05) is 0 Å². The Morgan fingerprint density at radius 3 is 2.56 bits per heavy atom. The largest absolute Gasteiger partial charge is 0.534 e. The van der Waals surface area contributed by atoms with Crippen molar-refractivity contribution < 1.29 is 25.8 Å². The first-order chi connectivity index (χ1) is 12.5. The monoisotopic (exact) mass is 404 g/mol. The molecule has 0 aromatic heterocycles. The molecule has 0 aliphatic heterocycles. The first kappa shape index (κ1) is 19.3. The molecular formula is C20H27F3O3S. The summed E-state index contributed by atoms with van der Waals surface area (Å²) in [7, 11) is -5.59. The molecule has 2 fully saturated rings. The topological polar surface area (TPSA) is 43.4 Å². The Bertz CT molecular complexity index is 798. The zero-order valence-electron chi connectivity index (χ0n) is 15.8. The van der Waals surface area contributed by atoms with Gasteiger partial charge in [0.2, 0.25) is 0 Å². The van der Waals surface area contributed by atoms with Crippen LogP contribution in [0.5, 0.6) is 0 Å². The van der Waals surface area contributed by atoms with Crippen LogP contribution in [0.1, 0.15) is 65.2 Å². The molecule has 4 aliphatic rings. The van der Waals surface area contributed by atoms with Crippen LogP contribution in [-0.2, 0) is 14.3 Å². The van der Waals surface area contributed by atoms with E-state index < -0.39 is 15.6 Å². The fourth-order valence-corrected chi connectivity index (χ4v) is 7.05. The second-order valence-electron chi connectivity index (χ2n) is 9.37. The molecule has 0 bridgehead atoms. The molecular weight excluding hydrogens is 377 g/mol. The van der Waals surface area contributed by atoms with Crippen molar-refractivity contribution in [3.63, 3.8) is 0 Å². The van der Waals surface area contributed by atoms with Crippen molar-refractivity contribution in [2.24, 2.45) is 28.6 Å². The van der Waals surface area contributed by atoms with E-state index in [2.05, 4.69) is 24.1 Å². The summed E-state index contributed by atoms with van der Waals surface area (Å²) in [5.74, 6) is 1.80. The van der Waals surface area contributed by atoms with E-state index in [1.54, 1.807) is 6.08 Å². The molecule has 5 atom stereocenters. The lowest BCUT2D eigenvalue weighted by Crippen LogP contribution is -2.48. The summed E-state index contributed by atoms with van der Waals surface area (Å²) < 4.78 is 65.0. The van der Waals surface area contributed by atoms with Crippen molar-refractivity contribution in [1.29, 1.82) is 0 Å². The molecule has 4 rings (SSSR count). The van der Waals surface area contributed by atoms with E-state index in [-0.39, 0.29) is 17.6 Å². The molecule has 3 nitrogen and oxygen atoms in total. The lowest BCUT2D eigenvalue weighted by atomic mass is 9.49. The zero-order valence-corrected chi connectivity index (χ0v) is 16.6. The van der Waals surface area contributed by atoms with Crippen molar-refractivity contribution in [3.8, 4) is 0 Å². The van der Waals surface area contributed by atoms with Gasteiger partial charge in [-0.25, -0.2) is 0 Å². The van der Waals surface area contributed by atoms with Gasteiger partial charge >= 0.3 is 15.6 Å². The van der Waals surface area contributed by atoms with Gasteiger partial charge < -0.3 is 4.18 Å². The van der Waals surface area contributed by atoms with E-state index in [1.165, 1.54) is 25.7 Å². The fraction of sp³-hybridized carbons (Fsp3) is 0.800. The van der Waals surface area contributed by atoms with E-state index in [1.807, 2.05) is 0 Å². The zero-order chi connectivity index (χ0) is 19.7. The van der Waals surface area contributed by atoms with Gasteiger partial charge in [-0.2, -0.15) is 21.6 Å². The van der Waals surface area contributed by atoms with Gasteiger partial charge in [0.05, 0.1) is 0 Å². The number of hydrogen-bond acceptors (Lipinski definition) is 3. The Labute approximate surface area is 159 Å². The van der Waals surface area contributed by atoms with Crippen LogP contribution in [0, 0.1) is 28.6 Å². The average Bonchev–Trinajstić information content (AvgIpc) is 2.95. The predicted octanol–water partition coefficient (Wildman–Crippen LogP) is 5.70. The normalized spacial score (nSPS) is 41.7. The highest BCUT2D eigenvalue weighted by molar-refractivity contribution is 7.87. The van der Waals surface area contributed by atoms with Crippen LogP contribution in [0.15, 0.2) is 23.5 Å². The van der Waals surface area contributed by atoms with Gasteiger partial charge in [0, 0.05) is 6.42 Å². The van der Waals surface area contributed by atoms with Gasteiger partial charge in [-0.05, 0) is 78.8 Å². The summed E-state index contributed by atoms with van der Waals surface area (Å²) in [6, 6.07) is 0. The Morgan fingerprint density at radius 2 is 1.85 bits per heavy atom. The molecule has 7 heteroatoms. The minimum atomic E-state index is -5.59. The second kappa shape index (κ2) is 6.01. The maximum absolute atomic E-state index is 12.6. The standard InChI is InChI=1S/C20H27F3O3S/c1-18-9-3-4-16(18)15-6-5-13-12-14(26-27(24,25)20(21,22)23)7-11-19(13,2)17(15)8-10-18/h5,12,15-17H,3-4,6-11H2,1-2H3/t15-,16-,17-,18-,19-/m0/s1. The molecule has 4 aliphatic carbocycles. The molecule has 0 amide bonds. The molecule has 152 valence electrons. The number of rotatable bonds is 2. The number of halogens is 3. The van der Waals surface area contributed by atoms with Crippen LogP contribution in [0.4, 0.5) is 13.2 Å². The highest BCUT2D eigenvalue weighted by atomic mass is 32.2. The summed E-state index contributed by atoms with van der Waals surface area (Å²) in [6.45, 7) is 4.63. The van der Waals surface area contributed by atoms with Gasteiger partial charge in [0.1, 0.15) is 5.76 Å². The molecule has 0 aromatic carbocycles. The maximum Gasteiger partial charge on any atom is 0.534 e. The van der Waals surface area contributed by atoms with Crippen LogP contribution in [0.25, 0.3) is 0 Å². The molecule has 0 N–H and O–H groups in total. The lowest BCUT2D eigenvalue weighted by molar-refractivity contribution is -0.0528. The van der Waals surface area contributed by atoms with Crippen LogP contribution >= 0.6 is 0 Å². The van der Waals surface area contributed by atoms with Crippen LogP contribution < -0.4 is 0 Å². The smallest absolute Gasteiger partial charge is 0.381 e. The Hall–Kier alpha value is -0.980. The fourth-order valence-electron chi connectivity index (χ4n) is 6.55. The summed E-state index contributed by atoms with van der Waals surface area (Å²) in [4.78, 5) is 0. The van der Waals surface area contributed by atoms with Gasteiger partial charge in [-0.3, -0.25) is 0 Å². The van der Waals surface area contributed by atoms with Gasteiger partial charge in [-0.1, -0.05) is 26.3 Å². The molecule has 27 heavy (non-hydrogen) atoms. The third-order valence-electron chi connectivity index (χ3n) is 8.01. The second-order valence-corrected chi connectivity index (χ2v) is 10.9. The van der Waals surface area contributed by atoms with E-state index in [0.29, 0.717) is 23.7 Å². The highest BCUT2D eigenvalue weighted by Crippen LogP contribution is 2.64. The summed E-state index contributed by atoms with van der Waals surface area (Å²) >= 11 is 0. The Kier molecular flexibility index (Phi) is 4.30. The molecule has 0 heterocycles. The molecule has 0 aromatic rings. The summed E-state index contributed by atoms with van der Waals surface area (Å²) in [5.41, 5.74) is -4.08. The van der Waals surface area contributed by atoms with Crippen LogP contribution in [0.3, 0.4) is 0 Å². The Morgan fingerprint density at radius 1 is 1.11 bits per heavy atom. The van der Waals surface area contributed by atoms with Crippen molar-refractivity contribution in [1.82, 2.24) is 0 Å². The number of alkyl halides is 3. The molecule has 0 spiro atoms. The highest BCUT2D eigenvalue weighted by Gasteiger charge is 2.56. The summed E-state index contributed by atoms with van der Waals surface area (Å²) in [6.07, 6.45) is 11.8. The summed E-state index contributed by atoms with van der Waals surface area (Å²) in [5, 5.41) is 0. The quantitative estimate of drug-likeness (QED) is 0.438. The first-order valence-corrected chi connectivity index (χ1v) is 11.3. The third kappa shape index (κ3) is 2.95. The SMILES string of the molecule is C[C@@]12CCC[C@H]1[C@@H]1CC=C3C=C(OS(=O)(=O)C(F)(F)F)CC[C@]3(C)[C@H]1CC2. The van der Waals surface area contributed by atoms with E-state index >= 15 is 0 Å². The van der Waals surface area contributed by atoms with Crippen LogP contribution in [-0.4, -0.2) is 13.9 Å². The van der Waals surface area contributed by atoms with Gasteiger partial charge in [0.15, 0.2) is 0 Å². The number of hydrogen-bond donors (Lipinski definition) is 0. The van der Waals surface area contributed by atoms with E-state index in [9.17, 15) is 21.6 Å². The molecule has 2 saturated carbocycles. The van der Waals surface area contributed by atoms with E-state index in [0.717, 1.165) is 24.3 Å². The molecule has 0 saturated heterocycles. The molecule has 0 radical (unpaired) electrons. The average molecular weight is 404 g/mol. The van der Waals surface area contributed by atoms with E-state index in [4.69, 9.17) is 0 Å². The molecule has 0 unspecified atom stereocenters. The van der Waals surface area contributed by atoms with Gasteiger partial charge in [-0.15, -0.1) is 0 Å². The first-order valence-electron chi connectivity index (χ1n) is 9.88. The van der Waals surface area contributed by atoms with Gasteiger partial charge in [0.25, 0.3) is 0 Å². The number of fused-ring (bicyclic) bond motifs is 5. The minimum absolute atomic E-state index is 0.0870. The van der Waals surface area contributed by atoms with Crippen LogP contribution in [0.2, 0.25) is 0 Å². The maximum atomic E-state index is 12.6. The third-order valence-corrected chi connectivity index (χ3v) is 9.01. The predicted molar refractivity (Wildman–Crippen MR) is 95.8 cm³/mol. The van der Waals surface area contributed by atoms with Crippen molar-refractivity contribution >= 4 is 10.1 Å². The minimum Gasteiger partial charge on any atom is -0.381 e.